The Kier molecular flexibility index (Phi) is 3.42. The quantitative estimate of drug-likeness (QED) is 0.934. The summed E-state index contributed by atoms with van der Waals surface area (Å²) in [6.45, 7) is 8.85. The fourth-order valence-electron chi connectivity index (χ4n) is 3.18. The van der Waals surface area contributed by atoms with Crippen molar-refractivity contribution in [3.05, 3.63) is 24.0 Å². The Morgan fingerprint density at radius 3 is 2.75 bits per heavy atom. The zero-order valence-electron chi connectivity index (χ0n) is 12.7. The first-order valence-corrected chi connectivity index (χ1v) is 7.38. The SMILES string of the molecule is COc1ccc2c(c1)nc(C1CNCC1C)n2C(C)C. The van der Waals surface area contributed by atoms with Crippen molar-refractivity contribution in [3.8, 4) is 5.75 Å². The molecule has 2 heterocycles. The number of benzene rings is 1. The Balaban J connectivity index is 2.17. The number of fused-ring (bicyclic) bond motifs is 1. The van der Waals surface area contributed by atoms with Gasteiger partial charge in [0.05, 0.1) is 18.1 Å². The second-order valence-corrected chi connectivity index (χ2v) is 6.03. The molecule has 20 heavy (non-hydrogen) atoms. The number of rotatable bonds is 3. The first-order valence-electron chi connectivity index (χ1n) is 7.38. The largest absolute Gasteiger partial charge is 0.497 e. The van der Waals surface area contributed by atoms with Gasteiger partial charge in [-0.2, -0.15) is 0 Å². The van der Waals surface area contributed by atoms with Gasteiger partial charge in [0.2, 0.25) is 0 Å². The average Bonchev–Trinajstić information content (AvgIpc) is 3.00. The molecule has 4 heteroatoms. The highest BCUT2D eigenvalue weighted by Gasteiger charge is 2.30. The molecule has 1 aliphatic heterocycles. The molecule has 0 spiro atoms. The molecular formula is C16H23N3O. The van der Waals surface area contributed by atoms with E-state index in [1.807, 2.05) is 12.1 Å². The van der Waals surface area contributed by atoms with Gasteiger partial charge in [-0.1, -0.05) is 6.92 Å². The summed E-state index contributed by atoms with van der Waals surface area (Å²) in [5, 5.41) is 3.48. The van der Waals surface area contributed by atoms with E-state index in [2.05, 4.69) is 36.7 Å². The van der Waals surface area contributed by atoms with Gasteiger partial charge in [0, 0.05) is 24.6 Å². The molecule has 0 amide bonds. The van der Waals surface area contributed by atoms with Crippen LogP contribution in [-0.4, -0.2) is 29.8 Å². The Bertz CT molecular complexity index is 617. The number of imidazole rings is 1. The molecular weight excluding hydrogens is 250 g/mol. The minimum absolute atomic E-state index is 0.413. The standard InChI is InChI=1S/C16H23N3O/c1-10(2)19-15-6-5-12(20-4)7-14(15)18-16(19)13-9-17-8-11(13)3/h5-7,10-11,13,17H,8-9H2,1-4H3. The zero-order chi connectivity index (χ0) is 14.3. The fourth-order valence-corrected chi connectivity index (χ4v) is 3.18. The van der Waals surface area contributed by atoms with Gasteiger partial charge in [-0.05, 0) is 38.4 Å². The second-order valence-electron chi connectivity index (χ2n) is 6.03. The molecule has 2 atom stereocenters. The molecule has 2 aromatic rings. The van der Waals surface area contributed by atoms with E-state index in [0.717, 1.165) is 24.4 Å². The van der Waals surface area contributed by atoms with Gasteiger partial charge >= 0.3 is 0 Å². The lowest BCUT2D eigenvalue weighted by atomic mass is 9.97. The fraction of sp³-hybridized carbons (Fsp3) is 0.562. The molecule has 0 aliphatic carbocycles. The topological polar surface area (TPSA) is 39.1 Å². The Hall–Kier alpha value is -1.55. The summed E-state index contributed by atoms with van der Waals surface area (Å²) in [5.74, 6) is 3.21. The van der Waals surface area contributed by atoms with Crippen molar-refractivity contribution in [3.63, 3.8) is 0 Å². The molecule has 1 aromatic carbocycles. The monoisotopic (exact) mass is 273 g/mol. The molecule has 108 valence electrons. The third-order valence-corrected chi connectivity index (χ3v) is 4.29. The molecule has 1 N–H and O–H groups in total. The van der Waals surface area contributed by atoms with Crippen LogP contribution in [0, 0.1) is 5.92 Å². The lowest BCUT2D eigenvalue weighted by molar-refractivity contribution is 0.415. The predicted octanol–water partition coefficient (Wildman–Crippen LogP) is 2.95. The normalized spacial score (nSPS) is 22.9. The Morgan fingerprint density at radius 1 is 1.35 bits per heavy atom. The molecule has 4 nitrogen and oxygen atoms in total. The minimum Gasteiger partial charge on any atom is -0.497 e. The van der Waals surface area contributed by atoms with Crippen LogP contribution in [0.25, 0.3) is 11.0 Å². The number of methoxy groups -OCH3 is 1. The van der Waals surface area contributed by atoms with Crippen molar-refractivity contribution in [1.82, 2.24) is 14.9 Å². The van der Waals surface area contributed by atoms with Crippen LogP contribution in [-0.2, 0) is 0 Å². The van der Waals surface area contributed by atoms with Gasteiger partial charge in [-0.15, -0.1) is 0 Å². The predicted molar refractivity (Wildman–Crippen MR) is 81.4 cm³/mol. The van der Waals surface area contributed by atoms with Crippen LogP contribution < -0.4 is 10.1 Å². The third kappa shape index (κ3) is 2.08. The van der Waals surface area contributed by atoms with Crippen molar-refractivity contribution in [1.29, 1.82) is 0 Å². The van der Waals surface area contributed by atoms with Crippen LogP contribution in [0.3, 0.4) is 0 Å². The van der Waals surface area contributed by atoms with E-state index >= 15 is 0 Å². The van der Waals surface area contributed by atoms with Crippen molar-refractivity contribution in [2.45, 2.75) is 32.7 Å². The van der Waals surface area contributed by atoms with Crippen LogP contribution in [0.15, 0.2) is 18.2 Å². The summed E-state index contributed by atoms with van der Waals surface area (Å²) in [4.78, 5) is 4.92. The van der Waals surface area contributed by atoms with Crippen LogP contribution in [0.4, 0.5) is 0 Å². The van der Waals surface area contributed by atoms with Crippen LogP contribution in [0.1, 0.15) is 38.6 Å². The summed E-state index contributed by atoms with van der Waals surface area (Å²) in [6.07, 6.45) is 0. The lowest BCUT2D eigenvalue weighted by Gasteiger charge is -2.19. The molecule has 0 radical (unpaired) electrons. The summed E-state index contributed by atoms with van der Waals surface area (Å²) < 4.78 is 7.69. The number of aromatic nitrogens is 2. The molecule has 0 saturated carbocycles. The first kappa shape index (κ1) is 13.4. The smallest absolute Gasteiger partial charge is 0.121 e. The van der Waals surface area contributed by atoms with Crippen molar-refractivity contribution < 1.29 is 4.74 Å². The van der Waals surface area contributed by atoms with E-state index in [1.54, 1.807) is 7.11 Å². The molecule has 2 unspecified atom stereocenters. The molecule has 1 aliphatic rings. The van der Waals surface area contributed by atoms with Crippen LogP contribution in [0.2, 0.25) is 0 Å². The van der Waals surface area contributed by atoms with Crippen molar-refractivity contribution >= 4 is 11.0 Å². The van der Waals surface area contributed by atoms with E-state index in [0.29, 0.717) is 17.9 Å². The third-order valence-electron chi connectivity index (χ3n) is 4.29. The maximum Gasteiger partial charge on any atom is 0.121 e. The van der Waals surface area contributed by atoms with Gasteiger partial charge < -0.3 is 14.6 Å². The van der Waals surface area contributed by atoms with Gasteiger partial charge in [-0.25, -0.2) is 4.98 Å². The number of nitrogens with one attached hydrogen (secondary N) is 1. The first-order chi connectivity index (χ1) is 9.61. The molecule has 3 rings (SSSR count). The molecule has 1 aromatic heterocycles. The number of nitrogens with zero attached hydrogens (tertiary/aromatic N) is 2. The molecule has 1 saturated heterocycles. The summed E-state index contributed by atoms with van der Waals surface area (Å²) in [6, 6.07) is 6.59. The maximum atomic E-state index is 5.32. The average molecular weight is 273 g/mol. The van der Waals surface area contributed by atoms with E-state index in [4.69, 9.17) is 9.72 Å². The molecule has 1 fully saturated rings. The highest BCUT2D eigenvalue weighted by molar-refractivity contribution is 5.78. The van der Waals surface area contributed by atoms with Gasteiger partial charge in [-0.3, -0.25) is 0 Å². The summed E-state index contributed by atoms with van der Waals surface area (Å²) >= 11 is 0. The summed E-state index contributed by atoms with van der Waals surface area (Å²) in [7, 11) is 1.70. The highest BCUT2D eigenvalue weighted by atomic mass is 16.5. The van der Waals surface area contributed by atoms with E-state index in [1.165, 1.54) is 11.3 Å². The van der Waals surface area contributed by atoms with Crippen molar-refractivity contribution in [2.24, 2.45) is 5.92 Å². The van der Waals surface area contributed by atoms with E-state index in [-0.39, 0.29) is 0 Å². The van der Waals surface area contributed by atoms with Gasteiger partial charge in [0.15, 0.2) is 0 Å². The van der Waals surface area contributed by atoms with Crippen LogP contribution in [0.5, 0.6) is 5.75 Å². The Morgan fingerprint density at radius 2 is 2.15 bits per heavy atom. The van der Waals surface area contributed by atoms with E-state index < -0.39 is 0 Å². The number of hydrogen-bond acceptors (Lipinski definition) is 3. The van der Waals surface area contributed by atoms with Crippen LogP contribution >= 0.6 is 0 Å². The summed E-state index contributed by atoms with van der Waals surface area (Å²) in [5.41, 5.74) is 2.24. The lowest BCUT2D eigenvalue weighted by Crippen LogP contribution is -2.16. The van der Waals surface area contributed by atoms with Gasteiger partial charge in [0.1, 0.15) is 11.6 Å². The molecule has 0 bridgehead atoms. The highest BCUT2D eigenvalue weighted by Crippen LogP contribution is 2.33. The van der Waals surface area contributed by atoms with Crippen molar-refractivity contribution in [2.75, 3.05) is 20.2 Å². The maximum absolute atomic E-state index is 5.32. The van der Waals surface area contributed by atoms with Gasteiger partial charge in [0.25, 0.3) is 0 Å². The van der Waals surface area contributed by atoms with E-state index in [9.17, 15) is 0 Å². The minimum atomic E-state index is 0.413. The number of hydrogen-bond donors (Lipinski definition) is 1. The number of ether oxygens (including phenoxy) is 1. The Labute approximate surface area is 120 Å². The zero-order valence-corrected chi connectivity index (χ0v) is 12.7. The second kappa shape index (κ2) is 5.09.